The van der Waals surface area contributed by atoms with E-state index in [1.54, 1.807) is 11.3 Å². The number of nitrogens with zero attached hydrogens (tertiary/aromatic N) is 1. The van der Waals surface area contributed by atoms with E-state index in [1.807, 2.05) is 0 Å². The fourth-order valence-electron chi connectivity index (χ4n) is 1.54. The second-order valence-corrected chi connectivity index (χ2v) is 4.90. The summed E-state index contributed by atoms with van der Waals surface area (Å²) in [5.74, 6) is 0.854. The molecule has 1 aromatic rings. The van der Waals surface area contributed by atoms with Crippen LogP contribution in [-0.4, -0.2) is 31.2 Å². The number of aryl methyl sites for hydroxylation is 1. The first-order valence-corrected chi connectivity index (χ1v) is 6.05. The van der Waals surface area contributed by atoms with Crippen molar-refractivity contribution in [3.8, 4) is 0 Å². The standard InChI is InChI=1S/C10H17N3S/c1-8-13-10(7-14-8)2-3-11-4-9-5-12-6-9/h7,9,11-12H,2-6H2,1H3. The van der Waals surface area contributed by atoms with Crippen molar-refractivity contribution >= 4 is 11.3 Å². The van der Waals surface area contributed by atoms with Gasteiger partial charge < -0.3 is 10.6 Å². The van der Waals surface area contributed by atoms with Crippen LogP contribution in [0.1, 0.15) is 10.7 Å². The Balaban J connectivity index is 1.58. The smallest absolute Gasteiger partial charge is 0.0897 e. The van der Waals surface area contributed by atoms with Crippen LogP contribution in [0.5, 0.6) is 0 Å². The van der Waals surface area contributed by atoms with Gasteiger partial charge >= 0.3 is 0 Å². The molecule has 1 fully saturated rings. The summed E-state index contributed by atoms with van der Waals surface area (Å²) < 4.78 is 0. The minimum Gasteiger partial charge on any atom is -0.316 e. The second-order valence-electron chi connectivity index (χ2n) is 3.84. The molecule has 0 bridgehead atoms. The first-order chi connectivity index (χ1) is 6.84. The van der Waals surface area contributed by atoms with E-state index in [4.69, 9.17) is 0 Å². The first kappa shape index (κ1) is 10.1. The zero-order chi connectivity index (χ0) is 9.80. The van der Waals surface area contributed by atoms with Crippen LogP contribution in [0.25, 0.3) is 0 Å². The van der Waals surface area contributed by atoms with Crippen LogP contribution >= 0.6 is 11.3 Å². The van der Waals surface area contributed by atoms with Crippen molar-refractivity contribution in [2.24, 2.45) is 5.92 Å². The van der Waals surface area contributed by atoms with Crippen LogP contribution < -0.4 is 10.6 Å². The highest BCUT2D eigenvalue weighted by Crippen LogP contribution is 2.07. The van der Waals surface area contributed by atoms with Crippen LogP contribution in [0, 0.1) is 12.8 Å². The number of hydrogen-bond acceptors (Lipinski definition) is 4. The highest BCUT2D eigenvalue weighted by Gasteiger charge is 2.15. The van der Waals surface area contributed by atoms with E-state index in [-0.39, 0.29) is 0 Å². The van der Waals surface area contributed by atoms with E-state index in [9.17, 15) is 0 Å². The van der Waals surface area contributed by atoms with Crippen molar-refractivity contribution in [3.05, 3.63) is 16.1 Å². The third-order valence-corrected chi connectivity index (χ3v) is 3.35. The Kier molecular flexibility index (Phi) is 3.50. The molecule has 0 saturated carbocycles. The van der Waals surface area contributed by atoms with Crippen molar-refractivity contribution in [2.75, 3.05) is 26.2 Å². The molecule has 0 atom stereocenters. The maximum atomic E-state index is 4.43. The van der Waals surface area contributed by atoms with Gasteiger partial charge in [-0.3, -0.25) is 0 Å². The van der Waals surface area contributed by atoms with Gasteiger partial charge in [-0.15, -0.1) is 11.3 Å². The normalized spacial score (nSPS) is 16.9. The highest BCUT2D eigenvalue weighted by atomic mass is 32.1. The minimum atomic E-state index is 0.854. The fraction of sp³-hybridized carbons (Fsp3) is 0.700. The maximum Gasteiger partial charge on any atom is 0.0897 e. The fourth-order valence-corrected chi connectivity index (χ4v) is 2.19. The third-order valence-electron chi connectivity index (χ3n) is 2.52. The van der Waals surface area contributed by atoms with Crippen LogP contribution in [0.4, 0.5) is 0 Å². The predicted octanol–water partition coefficient (Wildman–Crippen LogP) is 0.803. The summed E-state index contributed by atoms with van der Waals surface area (Å²) in [7, 11) is 0. The third kappa shape index (κ3) is 2.77. The molecule has 1 aliphatic heterocycles. The quantitative estimate of drug-likeness (QED) is 0.708. The summed E-state index contributed by atoms with van der Waals surface area (Å²) in [6.45, 7) is 6.63. The Hall–Kier alpha value is -0.450. The van der Waals surface area contributed by atoms with E-state index in [1.165, 1.54) is 23.8 Å². The zero-order valence-corrected chi connectivity index (χ0v) is 9.36. The van der Waals surface area contributed by atoms with Gasteiger partial charge in [0.2, 0.25) is 0 Å². The lowest BCUT2D eigenvalue weighted by Gasteiger charge is -2.27. The summed E-state index contributed by atoms with van der Waals surface area (Å²) in [6.07, 6.45) is 1.06. The zero-order valence-electron chi connectivity index (χ0n) is 8.55. The van der Waals surface area contributed by atoms with Gasteiger partial charge in [0.25, 0.3) is 0 Å². The Morgan fingerprint density at radius 2 is 2.50 bits per heavy atom. The minimum absolute atomic E-state index is 0.854. The molecule has 2 rings (SSSR count). The molecule has 0 amide bonds. The van der Waals surface area contributed by atoms with Crippen LogP contribution in [0.2, 0.25) is 0 Å². The molecule has 2 N–H and O–H groups in total. The van der Waals surface area contributed by atoms with E-state index in [0.717, 1.165) is 25.4 Å². The summed E-state index contributed by atoms with van der Waals surface area (Å²) in [6, 6.07) is 0. The average Bonchev–Trinajstić information content (AvgIpc) is 2.48. The number of hydrogen-bond donors (Lipinski definition) is 2. The van der Waals surface area contributed by atoms with E-state index >= 15 is 0 Å². The van der Waals surface area contributed by atoms with Crippen molar-refractivity contribution in [3.63, 3.8) is 0 Å². The molecule has 1 aromatic heterocycles. The van der Waals surface area contributed by atoms with Crippen molar-refractivity contribution in [2.45, 2.75) is 13.3 Å². The lowest BCUT2D eigenvalue weighted by atomic mass is 10.0. The predicted molar refractivity (Wildman–Crippen MR) is 59.8 cm³/mol. The lowest BCUT2D eigenvalue weighted by molar-refractivity contribution is 0.332. The SMILES string of the molecule is Cc1nc(CCNCC2CNC2)cs1. The molecule has 1 saturated heterocycles. The molecule has 2 heterocycles. The molecular formula is C10H17N3S. The summed E-state index contributed by atoms with van der Waals surface area (Å²) in [5.41, 5.74) is 1.23. The Bertz CT molecular complexity index is 281. The number of aromatic nitrogens is 1. The molecule has 0 unspecified atom stereocenters. The summed E-state index contributed by atoms with van der Waals surface area (Å²) in [4.78, 5) is 4.43. The molecular weight excluding hydrogens is 194 g/mol. The van der Waals surface area contributed by atoms with E-state index in [0.29, 0.717) is 0 Å². The van der Waals surface area contributed by atoms with Crippen LogP contribution in [0.3, 0.4) is 0 Å². The molecule has 14 heavy (non-hydrogen) atoms. The van der Waals surface area contributed by atoms with Gasteiger partial charge in [-0.1, -0.05) is 0 Å². The Morgan fingerprint density at radius 3 is 3.07 bits per heavy atom. The molecule has 4 heteroatoms. The van der Waals surface area contributed by atoms with E-state index in [2.05, 4.69) is 27.9 Å². The van der Waals surface area contributed by atoms with Gasteiger partial charge in [0.1, 0.15) is 0 Å². The molecule has 1 aliphatic rings. The van der Waals surface area contributed by atoms with Gasteiger partial charge in [-0.25, -0.2) is 4.98 Å². The van der Waals surface area contributed by atoms with Gasteiger partial charge in [-0.05, 0) is 12.8 Å². The average molecular weight is 211 g/mol. The summed E-state index contributed by atoms with van der Waals surface area (Å²) in [5, 5.41) is 10.1. The largest absolute Gasteiger partial charge is 0.316 e. The molecule has 78 valence electrons. The highest BCUT2D eigenvalue weighted by molar-refractivity contribution is 7.09. The van der Waals surface area contributed by atoms with Gasteiger partial charge in [-0.2, -0.15) is 0 Å². The molecule has 0 aromatic carbocycles. The number of thiazole rings is 1. The van der Waals surface area contributed by atoms with Gasteiger partial charge in [0.05, 0.1) is 10.7 Å². The Morgan fingerprint density at radius 1 is 1.64 bits per heavy atom. The topological polar surface area (TPSA) is 37.0 Å². The van der Waals surface area contributed by atoms with Gasteiger partial charge in [0, 0.05) is 38.0 Å². The monoisotopic (exact) mass is 211 g/mol. The maximum absolute atomic E-state index is 4.43. The van der Waals surface area contributed by atoms with Crippen LogP contribution in [0.15, 0.2) is 5.38 Å². The summed E-state index contributed by atoms with van der Waals surface area (Å²) >= 11 is 1.74. The number of nitrogens with one attached hydrogen (secondary N) is 2. The first-order valence-electron chi connectivity index (χ1n) is 5.17. The van der Waals surface area contributed by atoms with Crippen molar-refractivity contribution in [1.82, 2.24) is 15.6 Å². The second kappa shape index (κ2) is 4.87. The molecule has 0 spiro atoms. The van der Waals surface area contributed by atoms with Crippen molar-refractivity contribution < 1.29 is 0 Å². The molecule has 0 aliphatic carbocycles. The number of rotatable bonds is 5. The molecule has 3 nitrogen and oxygen atoms in total. The lowest BCUT2D eigenvalue weighted by Crippen LogP contribution is -2.47. The molecule has 0 radical (unpaired) electrons. The van der Waals surface area contributed by atoms with Crippen molar-refractivity contribution in [1.29, 1.82) is 0 Å². The van der Waals surface area contributed by atoms with E-state index < -0.39 is 0 Å². The van der Waals surface area contributed by atoms with Crippen LogP contribution in [-0.2, 0) is 6.42 Å². The Labute approximate surface area is 88.9 Å². The van der Waals surface area contributed by atoms with Gasteiger partial charge in [0.15, 0.2) is 0 Å².